The molecule has 1 amide bonds. The number of primary amides is 1. The average molecular weight is 359 g/mol. The first kappa shape index (κ1) is 16.4. The summed E-state index contributed by atoms with van der Waals surface area (Å²) >= 11 is 6.96. The Balaban J connectivity index is 1.82. The first-order valence-corrected chi connectivity index (χ1v) is 8.53. The fraction of sp³-hybridized carbons (Fsp3) is 0.571. The standard InChI is InChI=1S/C14H16ClFN4O2S/c1-5(21)23-9-3-6-2-7(9)10(12(17)22)11(6)19-13-8(16)4-18-14(15)20-13/h4,6-7,9-11H,2-3H2,1H3,(H2,17,22)(H,18,19,20)/t6-,7-,9-,10-,11+/m0/s1. The first-order valence-electron chi connectivity index (χ1n) is 7.28. The summed E-state index contributed by atoms with van der Waals surface area (Å²) in [7, 11) is 0. The van der Waals surface area contributed by atoms with Crippen molar-refractivity contribution in [2.45, 2.75) is 31.1 Å². The molecule has 124 valence electrons. The quantitative estimate of drug-likeness (QED) is 0.797. The lowest BCUT2D eigenvalue weighted by Crippen LogP contribution is -2.46. The van der Waals surface area contributed by atoms with E-state index in [1.54, 1.807) is 0 Å². The minimum atomic E-state index is -0.630. The average Bonchev–Trinajstić information content (AvgIpc) is 2.99. The summed E-state index contributed by atoms with van der Waals surface area (Å²) in [6.45, 7) is 1.52. The van der Waals surface area contributed by atoms with Gasteiger partial charge in [-0.1, -0.05) is 11.8 Å². The number of nitrogens with two attached hydrogens (primary N) is 1. The molecule has 5 atom stereocenters. The Hall–Kier alpha value is -1.41. The monoisotopic (exact) mass is 358 g/mol. The number of fused-ring (bicyclic) bond motifs is 2. The van der Waals surface area contributed by atoms with Gasteiger partial charge in [-0.15, -0.1) is 0 Å². The number of amides is 1. The Morgan fingerprint density at radius 3 is 2.87 bits per heavy atom. The van der Waals surface area contributed by atoms with Crippen LogP contribution in [0.25, 0.3) is 0 Å². The molecule has 23 heavy (non-hydrogen) atoms. The van der Waals surface area contributed by atoms with E-state index in [1.807, 2.05) is 0 Å². The molecule has 3 N–H and O–H groups in total. The number of carbonyl (C=O) groups excluding carboxylic acids is 2. The van der Waals surface area contributed by atoms with Crippen molar-refractivity contribution < 1.29 is 14.0 Å². The number of halogens is 2. The van der Waals surface area contributed by atoms with Gasteiger partial charge in [-0.3, -0.25) is 9.59 Å². The van der Waals surface area contributed by atoms with Crippen LogP contribution in [0.15, 0.2) is 6.20 Å². The predicted octanol–water partition coefficient (Wildman–Crippen LogP) is 1.84. The van der Waals surface area contributed by atoms with Gasteiger partial charge >= 0.3 is 0 Å². The lowest BCUT2D eigenvalue weighted by molar-refractivity contribution is -0.123. The molecule has 1 heterocycles. The lowest BCUT2D eigenvalue weighted by Gasteiger charge is -2.34. The van der Waals surface area contributed by atoms with Crippen LogP contribution in [0.2, 0.25) is 5.28 Å². The number of anilines is 1. The summed E-state index contributed by atoms with van der Waals surface area (Å²) in [5.74, 6) is -1.39. The molecule has 0 aliphatic heterocycles. The summed E-state index contributed by atoms with van der Waals surface area (Å²) < 4.78 is 13.8. The van der Waals surface area contributed by atoms with Gasteiger partial charge in [0.2, 0.25) is 11.2 Å². The molecular weight excluding hydrogens is 343 g/mol. The second-order valence-corrected chi connectivity index (χ2v) is 7.73. The minimum absolute atomic E-state index is 0.0178. The van der Waals surface area contributed by atoms with Crippen LogP contribution in [0.4, 0.5) is 10.2 Å². The van der Waals surface area contributed by atoms with Crippen LogP contribution < -0.4 is 11.1 Å². The van der Waals surface area contributed by atoms with Gasteiger partial charge in [0, 0.05) is 18.2 Å². The van der Waals surface area contributed by atoms with E-state index in [9.17, 15) is 14.0 Å². The van der Waals surface area contributed by atoms with Crippen molar-refractivity contribution in [2.24, 2.45) is 23.5 Å². The lowest BCUT2D eigenvalue weighted by atomic mass is 9.83. The molecule has 2 aliphatic rings. The van der Waals surface area contributed by atoms with Gasteiger partial charge < -0.3 is 11.1 Å². The summed E-state index contributed by atoms with van der Waals surface area (Å²) in [5, 5.41) is 3.03. The fourth-order valence-corrected chi connectivity index (χ4v) is 5.21. The number of aromatic nitrogens is 2. The summed E-state index contributed by atoms with van der Waals surface area (Å²) in [5.41, 5.74) is 5.56. The Labute approximate surface area is 141 Å². The first-order chi connectivity index (χ1) is 10.9. The SMILES string of the molecule is CC(=O)S[C@H]1C[C@@H]2C[C@@H]1[C@H](C(N)=O)[C@@H]2Nc1nc(Cl)ncc1F. The van der Waals surface area contributed by atoms with Gasteiger partial charge in [-0.25, -0.2) is 9.37 Å². The Kier molecular flexibility index (Phi) is 4.46. The normalized spacial score (nSPS) is 32.0. The maximum atomic E-state index is 13.8. The molecule has 0 unspecified atom stereocenters. The van der Waals surface area contributed by atoms with Crippen molar-refractivity contribution in [2.75, 3.05) is 5.32 Å². The Morgan fingerprint density at radius 2 is 2.22 bits per heavy atom. The van der Waals surface area contributed by atoms with Gasteiger partial charge in [-0.2, -0.15) is 4.98 Å². The zero-order chi connectivity index (χ0) is 16.7. The van der Waals surface area contributed by atoms with Crippen LogP contribution in [0, 0.1) is 23.6 Å². The molecule has 2 saturated carbocycles. The highest BCUT2D eigenvalue weighted by Gasteiger charge is 2.55. The van der Waals surface area contributed by atoms with Crippen molar-refractivity contribution in [1.82, 2.24) is 9.97 Å². The van der Waals surface area contributed by atoms with E-state index in [1.165, 1.54) is 18.7 Å². The van der Waals surface area contributed by atoms with Gasteiger partial charge in [-0.05, 0) is 36.3 Å². The Bertz CT molecular complexity index is 660. The van der Waals surface area contributed by atoms with Crippen LogP contribution in [-0.4, -0.2) is 32.3 Å². The smallest absolute Gasteiger partial charge is 0.224 e. The molecule has 6 nitrogen and oxygen atoms in total. The second-order valence-electron chi connectivity index (χ2n) is 5.98. The highest BCUT2D eigenvalue weighted by Crippen LogP contribution is 2.53. The van der Waals surface area contributed by atoms with Crippen molar-refractivity contribution in [3.63, 3.8) is 0 Å². The third-order valence-electron chi connectivity index (χ3n) is 4.61. The Morgan fingerprint density at radius 1 is 1.48 bits per heavy atom. The van der Waals surface area contributed by atoms with E-state index in [0.29, 0.717) is 0 Å². The summed E-state index contributed by atoms with van der Waals surface area (Å²) in [6, 6.07) is -0.304. The zero-order valence-electron chi connectivity index (χ0n) is 12.3. The predicted molar refractivity (Wildman–Crippen MR) is 85.4 cm³/mol. The molecular formula is C14H16ClFN4O2S. The van der Waals surface area contributed by atoms with Crippen LogP contribution in [0.1, 0.15) is 19.8 Å². The molecule has 0 aromatic carbocycles. The molecule has 2 aliphatic carbocycles. The van der Waals surface area contributed by atoms with E-state index >= 15 is 0 Å². The maximum Gasteiger partial charge on any atom is 0.224 e. The number of hydrogen-bond acceptors (Lipinski definition) is 6. The van der Waals surface area contributed by atoms with Gasteiger partial charge in [0.15, 0.2) is 16.8 Å². The number of carbonyl (C=O) groups is 2. The van der Waals surface area contributed by atoms with Gasteiger partial charge in [0.05, 0.1) is 12.1 Å². The van der Waals surface area contributed by atoms with Crippen molar-refractivity contribution in [3.8, 4) is 0 Å². The second kappa shape index (κ2) is 6.24. The van der Waals surface area contributed by atoms with E-state index in [-0.39, 0.29) is 39.3 Å². The van der Waals surface area contributed by atoms with E-state index in [4.69, 9.17) is 17.3 Å². The van der Waals surface area contributed by atoms with E-state index in [2.05, 4.69) is 15.3 Å². The van der Waals surface area contributed by atoms with E-state index in [0.717, 1.165) is 19.0 Å². The van der Waals surface area contributed by atoms with Crippen LogP contribution in [0.5, 0.6) is 0 Å². The largest absolute Gasteiger partial charge is 0.369 e. The molecule has 3 rings (SSSR count). The number of hydrogen-bond donors (Lipinski definition) is 2. The van der Waals surface area contributed by atoms with Gasteiger partial charge in [0.1, 0.15) is 0 Å². The van der Waals surface area contributed by atoms with Gasteiger partial charge in [0.25, 0.3) is 0 Å². The number of thioether (sulfide) groups is 1. The summed E-state index contributed by atoms with van der Waals surface area (Å²) in [4.78, 5) is 30.7. The zero-order valence-corrected chi connectivity index (χ0v) is 13.9. The fourth-order valence-electron chi connectivity index (χ4n) is 3.85. The van der Waals surface area contributed by atoms with Crippen molar-refractivity contribution in [1.29, 1.82) is 0 Å². The van der Waals surface area contributed by atoms with Crippen LogP contribution >= 0.6 is 23.4 Å². The molecule has 2 bridgehead atoms. The maximum absolute atomic E-state index is 13.8. The summed E-state index contributed by atoms with van der Waals surface area (Å²) in [6.07, 6.45) is 2.56. The number of nitrogens with one attached hydrogen (secondary N) is 1. The van der Waals surface area contributed by atoms with Crippen molar-refractivity contribution in [3.05, 3.63) is 17.3 Å². The van der Waals surface area contributed by atoms with E-state index < -0.39 is 17.6 Å². The topological polar surface area (TPSA) is 98.0 Å². The molecule has 1 aromatic rings. The van der Waals surface area contributed by atoms with Crippen LogP contribution in [-0.2, 0) is 9.59 Å². The van der Waals surface area contributed by atoms with Crippen molar-refractivity contribution >= 4 is 40.2 Å². The third kappa shape index (κ3) is 3.14. The molecule has 0 saturated heterocycles. The number of rotatable bonds is 4. The molecule has 0 radical (unpaired) electrons. The minimum Gasteiger partial charge on any atom is -0.369 e. The molecule has 1 aromatic heterocycles. The molecule has 0 spiro atoms. The number of nitrogens with zero attached hydrogens (tertiary/aromatic N) is 2. The van der Waals surface area contributed by atoms with Crippen LogP contribution in [0.3, 0.4) is 0 Å². The molecule has 9 heteroatoms. The highest BCUT2D eigenvalue weighted by atomic mass is 35.5. The highest BCUT2D eigenvalue weighted by molar-refractivity contribution is 8.14. The molecule has 2 fully saturated rings. The third-order valence-corrected chi connectivity index (χ3v) is 5.97.